The van der Waals surface area contributed by atoms with Crippen LogP contribution in [0.1, 0.15) is 16.7 Å². The van der Waals surface area contributed by atoms with E-state index in [4.69, 9.17) is 6.42 Å². The predicted octanol–water partition coefficient (Wildman–Crippen LogP) is 3.44. The first-order valence-corrected chi connectivity index (χ1v) is 4.69. The SMILES string of the molecule is C#Cc1cccc2c(C)ccc(C)c12. The maximum atomic E-state index is 5.48. The Morgan fingerprint density at radius 2 is 1.71 bits per heavy atom. The summed E-state index contributed by atoms with van der Waals surface area (Å²) in [4.78, 5) is 0. The summed E-state index contributed by atoms with van der Waals surface area (Å²) in [6.45, 7) is 4.21. The van der Waals surface area contributed by atoms with Gasteiger partial charge in [-0.05, 0) is 36.4 Å². The molecule has 0 heterocycles. The molecule has 2 aromatic rings. The molecule has 0 fully saturated rings. The Morgan fingerprint density at radius 1 is 1.00 bits per heavy atom. The minimum absolute atomic E-state index is 0.990. The van der Waals surface area contributed by atoms with Crippen LogP contribution in [0.2, 0.25) is 0 Å². The molecule has 0 N–H and O–H groups in total. The van der Waals surface area contributed by atoms with Crippen LogP contribution in [0, 0.1) is 26.2 Å². The molecule has 0 aliphatic carbocycles. The summed E-state index contributed by atoms with van der Waals surface area (Å²) in [5.41, 5.74) is 3.52. The lowest BCUT2D eigenvalue weighted by Crippen LogP contribution is -1.86. The van der Waals surface area contributed by atoms with Crippen molar-refractivity contribution in [2.45, 2.75) is 13.8 Å². The Labute approximate surface area is 84.6 Å². The maximum absolute atomic E-state index is 5.48. The molecular formula is C14H12. The van der Waals surface area contributed by atoms with Crippen LogP contribution in [0.5, 0.6) is 0 Å². The second-order valence-electron chi connectivity index (χ2n) is 3.57. The molecule has 0 atom stereocenters. The van der Waals surface area contributed by atoms with E-state index in [9.17, 15) is 0 Å². The molecule has 68 valence electrons. The van der Waals surface area contributed by atoms with Gasteiger partial charge in [-0.25, -0.2) is 0 Å². The first-order valence-electron chi connectivity index (χ1n) is 4.69. The number of aryl methyl sites for hydroxylation is 2. The highest BCUT2D eigenvalue weighted by atomic mass is 14.1. The van der Waals surface area contributed by atoms with E-state index in [1.807, 2.05) is 12.1 Å². The fraction of sp³-hybridized carbons (Fsp3) is 0.143. The van der Waals surface area contributed by atoms with E-state index in [1.165, 1.54) is 21.9 Å². The lowest BCUT2D eigenvalue weighted by Gasteiger charge is -2.07. The Balaban J connectivity index is 3.01. The first kappa shape index (κ1) is 8.84. The number of rotatable bonds is 0. The van der Waals surface area contributed by atoms with E-state index in [0.717, 1.165) is 5.56 Å². The lowest BCUT2D eigenvalue weighted by molar-refractivity contribution is 1.45. The fourth-order valence-electron chi connectivity index (χ4n) is 1.85. The molecule has 0 nitrogen and oxygen atoms in total. The predicted molar refractivity (Wildman–Crippen MR) is 61.4 cm³/mol. The molecule has 14 heavy (non-hydrogen) atoms. The van der Waals surface area contributed by atoms with Crippen LogP contribution >= 0.6 is 0 Å². The molecule has 0 saturated heterocycles. The summed E-state index contributed by atoms with van der Waals surface area (Å²) < 4.78 is 0. The summed E-state index contributed by atoms with van der Waals surface area (Å²) in [6, 6.07) is 10.4. The smallest absolute Gasteiger partial charge is 0.0323 e. The lowest BCUT2D eigenvalue weighted by atomic mass is 9.97. The van der Waals surface area contributed by atoms with Gasteiger partial charge in [0, 0.05) is 10.9 Å². The Morgan fingerprint density at radius 3 is 2.43 bits per heavy atom. The molecule has 2 aromatic carbocycles. The number of benzene rings is 2. The van der Waals surface area contributed by atoms with Gasteiger partial charge in [-0.1, -0.05) is 30.2 Å². The van der Waals surface area contributed by atoms with Crippen LogP contribution in [-0.2, 0) is 0 Å². The van der Waals surface area contributed by atoms with Gasteiger partial charge in [0.15, 0.2) is 0 Å². The second-order valence-corrected chi connectivity index (χ2v) is 3.57. The topological polar surface area (TPSA) is 0 Å². The Hall–Kier alpha value is -1.74. The van der Waals surface area contributed by atoms with Crippen molar-refractivity contribution < 1.29 is 0 Å². The molecule has 0 amide bonds. The van der Waals surface area contributed by atoms with E-state index in [0.29, 0.717) is 0 Å². The van der Waals surface area contributed by atoms with Crippen molar-refractivity contribution in [1.29, 1.82) is 0 Å². The number of terminal acetylenes is 1. The summed E-state index contributed by atoms with van der Waals surface area (Å²) in [5, 5.41) is 2.48. The third-order valence-corrected chi connectivity index (χ3v) is 2.62. The second kappa shape index (κ2) is 3.20. The van der Waals surface area contributed by atoms with Gasteiger partial charge in [0.05, 0.1) is 0 Å². The largest absolute Gasteiger partial charge is 0.115 e. The minimum atomic E-state index is 0.990. The zero-order valence-electron chi connectivity index (χ0n) is 8.46. The molecule has 0 saturated carbocycles. The van der Waals surface area contributed by atoms with Gasteiger partial charge in [-0.3, -0.25) is 0 Å². The van der Waals surface area contributed by atoms with Crippen molar-refractivity contribution in [3.05, 3.63) is 47.0 Å². The van der Waals surface area contributed by atoms with Crippen molar-refractivity contribution in [2.24, 2.45) is 0 Å². The van der Waals surface area contributed by atoms with Crippen molar-refractivity contribution in [1.82, 2.24) is 0 Å². The molecule has 0 aliphatic rings. The standard InChI is InChI=1S/C14H12/c1-4-12-6-5-7-13-10(2)8-9-11(3)14(12)13/h1,5-9H,2-3H3. The summed E-state index contributed by atoms with van der Waals surface area (Å²) >= 11 is 0. The van der Waals surface area contributed by atoms with Gasteiger partial charge >= 0.3 is 0 Å². The van der Waals surface area contributed by atoms with Gasteiger partial charge in [0.1, 0.15) is 0 Å². The third kappa shape index (κ3) is 1.18. The van der Waals surface area contributed by atoms with Gasteiger partial charge in [0.25, 0.3) is 0 Å². The van der Waals surface area contributed by atoms with Crippen LogP contribution in [-0.4, -0.2) is 0 Å². The highest BCUT2D eigenvalue weighted by Crippen LogP contribution is 2.24. The highest BCUT2D eigenvalue weighted by Gasteiger charge is 2.03. The zero-order chi connectivity index (χ0) is 10.1. The Bertz CT molecular complexity index is 527. The zero-order valence-corrected chi connectivity index (χ0v) is 8.46. The maximum Gasteiger partial charge on any atom is 0.0323 e. The quantitative estimate of drug-likeness (QED) is 0.545. The first-order chi connectivity index (χ1) is 6.74. The number of fused-ring (bicyclic) bond motifs is 1. The van der Waals surface area contributed by atoms with E-state index < -0.39 is 0 Å². The molecular weight excluding hydrogens is 168 g/mol. The van der Waals surface area contributed by atoms with Crippen molar-refractivity contribution >= 4 is 10.8 Å². The van der Waals surface area contributed by atoms with E-state index >= 15 is 0 Å². The average molecular weight is 180 g/mol. The third-order valence-electron chi connectivity index (χ3n) is 2.62. The van der Waals surface area contributed by atoms with Crippen LogP contribution in [0.25, 0.3) is 10.8 Å². The van der Waals surface area contributed by atoms with E-state index in [-0.39, 0.29) is 0 Å². The monoisotopic (exact) mass is 180 g/mol. The molecule has 0 aromatic heterocycles. The molecule has 0 radical (unpaired) electrons. The molecule has 0 bridgehead atoms. The fourth-order valence-corrected chi connectivity index (χ4v) is 1.85. The van der Waals surface area contributed by atoms with Crippen LogP contribution < -0.4 is 0 Å². The summed E-state index contributed by atoms with van der Waals surface area (Å²) in [5.74, 6) is 2.74. The highest BCUT2D eigenvalue weighted by molar-refractivity contribution is 5.93. The molecule has 0 aliphatic heterocycles. The molecule has 0 heteroatoms. The van der Waals surface area contributed by atoms with Crippen LogP contribution in [0.3, 0.4) is 0 Å². The molecule has 2 rings (SSSR count). The number of hydrogen-bond donors (Lipinski definition) is 0. The van der Waals surface area contributed by atoms with E-state index in [2.05, 4.69) is 38.0 Å². The van der Waals surface area contributed by atoms with Crippen LogP contribution in [0.4, 0.5) is 0 Å². The van der Waals surface area contributed by atoms with Gasteiger partial charge in [-0.2, -0.15) is 0 Å². The normalized spacial score (nSPS) is 10.1. The van der Waals surface area contributed by atoms with Crippen molar-refractivity contribution in [3.8, 4) is 12.3 Å². The average Bonchev–Trinajstić information content (AvgIpc) is 2.23. The summed E-state index contributed by atoms with van der Waals surface area (Å²) in [6.07, 6.45) is 5.48. The van der Waals surface area contributed by atoms with Crippen molar-refractivity contribution in [3.63, 3.8) is 0 Å². The van der Waals surface area contributed by atoms with Gasteiger partial charge in [-0.15, -0.1) is 6.42 Å². The van der Waals surface area contributed by atoms with Crippen LogP contribution in [0.15, 0.2) is 30.3 Å². The number of hydrogen-bond acceptors (Lipinski definition) is 0. The minimum Gasteiger partial charge on any atom is -0.115 e. The van der Waals surface area contributed by atoms with E-state index in [1.54, 1.807) is 0 Å². The van der Waals surface area contributed by atoms with Gasteiger partial charge < -0.3 is 0 Å². The Kier molecular flexibility index (Phi) is 2.02. The van der Waals surface area contributed by atoms with Crippen molar-refractivity contribution in [2.75, 3.05) is 0 Å². The molecule has 0 unspecified atom stereocenters. The van der Waals surface area contributed by atoms with Gasteiger partial charge in [0.2, 0.25) is 0 Å². The summed E-state index contributed by atoms with van der Waals surface area (Å²) in [7, 11) is 0. The molecule has 0 spiro atoms.